The van der Waals surface area contributed by atoms with Gasteiger partial charge in [0.1, 0.15) is 0 Å². The molecule has 2 nitrogen and oxygen atoms in total. The fourth-order valence-electron chi connectivity index (χ4n) is 7.89. The highest BCUT2D eigenvalue weighted by Gasteiger charge is 2.77. The summed E-state index contributed by atoms with van der Waals surface area (Å²) in [5.74, 6) is 2.44. The summed E-state index contributed by atoms with van der Waals surface area (Å²) in [7, 11) is 1.94. The summed E-state index contributed by atoms with van der Waals surface area (Å²) in [4.78, 5) is 0. The lowest BCUT2D eigenvalue weighted by Crippen LogP contribution is -2.55. The summed E-state index contributed by atoms with van der Waals surface area (Å²) >= 11 is 0. The molecular formula is C20H30O2. The van der Waals surface area contributed by atoms with Crippen LogP contribution in [0.3, 0.4) is 0 Å². The molecule has 1 spiro atoms. The van der Waals surface area contributed by atoms with Crippen molar-refractivity contribution < 1.29 is 9.84 Å². The Morgan fingerprint density at radius 2 is 2.05 bits per heavy atom. The van der Waals surface area contributed by atoms with Crippen molar-refractivity contribution in [2.45, 2.75) is 71.0 Å². The lowest BCUT2D eigenvalue weighted by Gasteiger charge is -2.58. The summed E-state index contributed by atoms with van der Waals surface area (Å²) in [5.41, 5.74) is 2.64. The molecule has 8 atom stereocenters. The highest BCUT2D eigenvalue weighted by atomic mass is 16.5. The fraction of sp³-hybridized carbons (Fsp3) is 0.900. The summed E-state index contributed by atoms with van der Waals surface area (Å²) in [6.07, 6.45) is 11.5. The Labute approximate surface area is 134 Å². The smallest absolute Gasteiger partial charge is 0.0665 e. The maximum Gasteiger partial charge on any atom is 0.0665 e. The maximum atomic E-state index is 10.5. The Balaban J connectivity index is 1.58. The quantitative estimate of drug-likeness (QED) is 0.744. The Kier molecular flexibility index (Phi) is 2.56. The molecule has 0 aliphatic heterocycles. The summed E-state index contributed by atoms with van der Waals surface area (Å²) in [6, 6.07) is 0. The average Bonchev–Trinajstić information content (AvgIpc) is 3.05. The second kappa shape index (κ2) is 4.00. The number of aliphatic hydroxyl groups excluding tert-OH is 1. The lowest BCUT2D eigenvalue weighted by atomic mass is 9.47. The van der Waals surface area contributed by atoms with E-state index in [2.05, 4.69) is 19.9 Å². The van der Waals surface area contributed by atoms with Gasteiger partial charge >= 0.3 is 0 Å². The van der Waals surface area contributed by atoms with Crippen molar-refractivity contribution in [3.05, 3.63) is 11.6 Å². The van der Waals surface area contributed by atoms with Crippen LogP contribution < -0.4 is 0 Å². The highest BCUT2D eigenvalue weighted by molar-refractivity contribution is 5.34. The summed E-state index contributed by atoms with van der Waals surface area (Å²) in [5, 5.41) is 10.5. The van der Waals surface area contributed by atoms with Crippen LogP contribution in [0.1, 0.15) is 58.8 Å². The molecule has 4 saturated carbocycles. The standard InChI is InChI=1S/C20H30O2/c1-18-8-7-15-13(14(18)4-5-16(18)21)10-17(22-3)20-11-12(20)6-9-19(15,20)2/h4,12-13,15-17,21H,5-11H2,1-3H3/t12-,13-,15-,16+,17+,18-,19+,20+/m0/s1. The first-order chi connectivity index (χ1) is 10.5. The molecule has 0 amide bonds. The molecule has 5 aliphatic carbocycles. The van der Waals surface area contributed by atoms with Crippen molar-refractivity contribution in [2.75, 3.05) is 7.11 Å². The zero-order chi connectivity index (χ0) is 15.3. The highest BCUT2D eigenvalue weighted by Crippen LogP contribution is 2.81. The van der Waals surface area contributed by atoms with Crippen LogP contribution in [0, 0.1) is 34.0 Å². The van der Waals surface area contributed by atoms with E-state index in [1.165, 1.54) is 38.5 Å². The maximum absolute atomic E-state index is 10.5. The second-order valence-corrected chi connectivity index (χ2v) is 9.44. The lowest BCUT2D eigenvalue weighted by molar-refractivity contribution is -0.125. The molecular weight excluding hydrogens is 272 g/mol. The Morgan fingerprint density at radius 1 is 1.23 bits per heavy atom. The monoisotopic (exact) mass is 302 g/mol. The van der Waals surface area contributed by atoms with Gasteiger partial charge < -0.3 is 9.84 Å². The Bertz CT molecular complexity index is 554. The Morgan fingerprint density at radius 3 is 2.77 bits per heavy atom. The first-order valence-corrected chi connectivity index (χ1v) is 9.39. The number of rotatable bonds is 1. The molecule has 5 rings (SSSR count). The van der Waals surface area contributed by atoms with E-state index in [1.807, 2.05) is 7.11 Å². The van der Waals surface area contributed by atoms with Crippen LogP contribution >= 0.6 is 0 Å². The molecule has 122 valence electrons. The molecule has 1 N–H and O–H groups in total. The predicted molar refractivity (Wildman–Crippen MR) is 86.3 cm³/mol. The first kappa shape index (κ1) is 14.0. The minimum Gasteiger partial charge on any atom is -0.392 e. The zero-order valence-electron chi connectivity index (χ0n) is 14.3. The molecule has 0 heterocycles. The second-order valence-electron chi connectivity index (χ2n) is 9.44. The normalized spacial score (nSPS) is 61.8. The molecule has 4 fully saturated rings. The SMILES string of the molecule is CO[C@@H]1C[C@H]2C3=CC[C@@H](O)[C@@]3(C)CC[C@@H]2[C@@]2(C)CC[C@H]3C[C@@]312. The third kappa shape index (κ3) is 1.30. The van der Waals surface area contributed by atoms with E-state index in [1.54, 1.807) is 5.57 Å². The van der Waals surface area contributed by atoms with Crippen LogP contribution in [-0.2, 0) is 4.74 Å². The van der Waals surface area contributed by atoms with Crippen molar-refractivity contribution in [1.82, 2.24) is 0 Å². The molecule has 0 radical (unpaired) electrons. The largest absolute Gasteiger partial charge is 0.392 e. The van der Waals surface area contributed by atoms with Crippen LogP contribution in [0.4, 0.5) is 0 Å². The molecule has 0 unspecified atom stereocenters. The summed E-state index contributed by atoms with van der Waals surface area (Å²) < 4.78 is 6.08. The minimum absolute atomic E-state index is 0.0574. The van der Waals surface area contributed by atoms with Crippen LogP contribution in [0.2, 0.25) is 0 Å². The third-order valence-electron chi connectivity index (χ3n) is 9.19. The van der Waals surface area contributed by atoms with Gasteiger partial charge in [-0.15, -0.1) is 0 Å². The molecule has 0 aromatic rings. The number of fused-ring (bicyclic) bond motifs is 4. The van der Waals surface area contributed by atoms with E-state index in [9.17, 15) is 5.11 Å². The molecule has 0 saturated heterocycles. The molecule has 0 aromatic carbocycles. The number of aliphatic hydroxyl groups is 1. The average molecular weight is 302 g/mol. The van der Waals surface area contributed by atoms with Crippen molar-refractivity contribution in [3.63, 3.8) is 0 Å². The van der Waals surface area contributed by atoms with Crippen LogP contribution in [0.5, 0.6) is 0 Å². The molecule has 2 heteroatoms. The topological polar surface area (TPSA) is 29.5 Å². The number of ether oxygens (including phenoxy) is 1. The van der Waals surface area contributed by atoms with Gasteiger partial charge in [0.05, 0.1) is 12.2 Å². The van der Waals surface area contributed by atoms with Crippen molar-refractivity contribution in [2.24, 2.45) is 34.0 Å². The van der Waals surface area contributed by atoms with Crippen molar-refractivity contribution in [1.29, 1.82) is 0 Å². The first-order valence-electron chi connectivity index (χ1n) is 9.39. The van der Waals surface area contributed by atoms with Gasteiger partial charge in [-0.1, -0.05) is 25.5 Å². The number of methoxy groups -OCH3 is 1. The van der Waals surface area contributed by atoms with Gasteiger partial charge in [-0.05, 0) is 68.1 Å². The van der Waals surface area contributed by atoms with Gasteiger partial charge in [0.15, 0.2) is 0 Å². The number of hydrogen-bond acceptors (Lipinski definition) is 2. The predicted octanol–water partition coefficient (Wildman–Crippen LogP) is 3.94. The van der Waals surface area contributed by atoms with E-state index in [0.29, 0.717) is 22.9 Å². The van der Waals surface area contributed by atoms with Gasteiger partial charge in [-0.2, -0.15) is 0 Å². The fourth-order valence-corrected chi connectivity index (χ4v) is 7.89. The van der Waals surface area contributed by atoms with Crippen LogP contribution in [0.25, 0.3) is 0 Å². The third-order valence-corrected chi connectivity index (χ3v) is 9.19. The minimum atomic E-state index is -0.148. The van der Waals surface area contributed by atoms with Gasteiger partial charge in [0.25, 0.3) is 0 Å². The zero-order valence-corrected chi connectivity index (χ0v) is 14.3. The van der Waals surface area contributed by atoms with Gasteiger partial charge in [0, 0.05) is 17.9 Å². The van der Waals surface area contributed by atoms with Crippen molar-refractivity contribution >= 4 is 0 Å². The Hall–Kier alpha value is -0.340. The van der Waals surface area contributed by atoms with Crippen LogP contribution in [0.15, 0.2) is 11.6 Å². The van der Waals surface area contributed by atoms with E-state index < -0.39 is 0 Å². The van der Waals surface area contributed by atoms with Gasteiger partial charge in [-0.3, -0.25) is 0 Å². The van der Waals surface area contributed by atoms with Crippen molar-refractivity contribution in [3.8, 4) is 0 Å². The molecule has 0 aromatic heterocycles. The molecule has 0 bridgehead atoms. The van der Waals surface area contributed by atoms with E-state index >= 15 is 0 Å². The van der Waals surface area contributed by atoms with E-state index in [-0.39, 0.29) is 11.5 Å². The summed E-state index contributed by atoms with van der Waals surface area (Å²) in [6.45, 7) is 4.91. The number of hydrogen-bond donors (Lipinski definition) is 1. The molecule has 5 aliphatic rings. The molecule has 22 heavy (non-hydrogen) atoms. The van der Waals surface area contributed by atoms with E-state index in [0.717, 1.165) is 18.3 Å². The van der Waals surface area contributed by atoms with Gasteiger partial charge in [-0.25, -0.2) is 0 Å². The van der Waals surface area contributed by atoms with E-state index in [4.69, 9.17) is 4.74 Å². The van der Waals surface area contributed by atoms with Crippen LogP contribution in [-0.4, -0.2) is 24.4 Å². The van der Waals surface area contributed by atoms with Gasteiger partial charge in [0.2, 0.25) is 0 Å².